The molecule has 78 valence electrons. The van der Waals surface area contributed by atoms with Crippen LogP contribution >= 0.6 is 0 Å². The Labute approximate surface area is 85.4 Å². The molecule has 0 bridgehead atoms. The summed E-state index contributed by atoms with van der Waals surface area (Å²) < 4.78 is 12.7. The van der Waals surface area contributed by atoms with Crippen LogP contribution in [0.2, 0.25) is 0 Å². The summed E-state index contributed by atoms with van der Waals surface area (Å²) in [6.45, 7) is 7.63. The van der Waals surface area contributed by atoms with Crippen LogP contribution in [0.15, 0.2) is 18.3 Å². The zero-order chi connectivity index (χ0) is 10.8. The van der Waals surface area contributed by atoms with Gasteiger partial charge in [0, 0.05) is 17.3 Å². The van der Waals surface area contributed by atoms with E-state index >= 15 is 0 Å². The molecule has 0 unspecified atom stereocenters. The van der Waals surface area contributed by atoms with Gasteiger partial charge in [0.25, 0.3) is 0 Å². The summed E-state index contributed by atoms with van der Waals surface area (Å²) in [5.41, 5.74) is 1.59. The van der Waals surface area contributed by atoms with Crippen molar-refractivity contribution >= 4 is 0 Å². The minimum Gasteiger partial charge on any atom is -0.261 e. The second kappa shape index (κ2) is 4.07. The Balaban J connectivity index is 3.05. The number of alkyl halides is 1. The first-order valence-electron chi connectivity index (χ1n) is 5.00. The lowest BCUT2D eigenvalue weighted by atomic mass is 9.88. The maximum absolute atomic E-state index is 12.7. The van der Waals surface area contributed by atoms with Gasteiger partial charge < -0.3 is 0 Å². The summed E-state index contributed by atoms with van der Waals surface area (Å²) in [7, 11) is 0. The van der Waals surface area contributed by atoms with Crippen LogP contribution in [0.25, 0.3) is 0 Å². The molecule has 0 spiro atoms. The molecule has 0 aliphatic rings. The van der Waals surface area contributed by atoms with E-state index in [4.69, 9.17) is 0 Å². The summed E-state index contributed by atoms with van der Waals surface area (Å²) in [5, 5.41) is 0. The van der Waals surface area contributed by atoms with Crippen molar-refractivity contribution in [1.29, 1.82) is 0 Å². The molecular weight excluding hydrogens is 177 g/mol. The second-order valence-corrected chi connectivity index (χ2v) is 4.65. The Hall–Kier alpha value is -0.920. The second-order valence-electron chi connectivity index (χ2n) is 4.65. The fourth-order valence-electron chi connectivity index (χ4n) is 1.24. The number of halogens is 1. The lowest BCUT2D eigenvalue weighted by Gasteiger charge is -2.20. The SMILES string of the molecule is CC(C)c1ccnc(C(C)(C)CF)c1. The molecule has 0 saturated heterocycles. The van der Waals surface area contributed by atoms with Gasteiger partial charge in [0.2, 0.25) is 0 Å². The minimum atomic E-state index is -0.467. The van der Waals surface area contributed by atoms with Gasteiger partial charge in [-0.05, 0) is 23.6 Å². The maximum Gasteiger partial charge on any atom is 0.100 e. The van der Waals surface area contributed by atoms with Gasteiger partial charge in [-0.15, -0.1) is 0 Å². The molecule has 0 aliphatic heterocycles. The third kappa shape index (κ3) is 2.31. The quantitative estimate of drug-likeness (QED) is 0.719. The van der Waals surface area contributed by atoms with Crippen molar-refractivity contribution in [2.45, 2.75) is 39.0 Å². The van der Waals surface area contributed by atoms with Gasteiger partial charge in [0.15, 0.2) is 0 Å². The van der Waals surface area contributed by atoms with Crippen molar-refractivity contribution in [2.24, 2.45) is 0 Å². The van der Waals surface area contributed by atoms with E-state index in [1.807, 2.05) is 26.0 Å². The molecule has 1 heterocycles. The van der Waals surface area contributed by atoms with Gasteiger partial charge in [0.05, 0.1) is 0 Å². The van der Waals surface area contributed by atoms with Gasteiger partial charge in [-0.2, -0.15) is 0 Å². The van der Waals surface area contributed by atoms with Crippen molar-refractivity contribution in [3.8, 4) is 0 Å². The first kappa shape index (κ1) is 11.2. The third-order valence-electron chi connectivity index (χ3n) is 2.48. The summed E-state index contributed by atoms with van der Waals surface area (Å²) in [5.74, 6) is 0.465. The lowest BCUT2D eigenvalue weighted by molar-refractivity contribution is 0.344. The van der Waals surface area contributed by atoms with Gasteiger partial charge in [-0.3, -0.25) is 9.37 Å². The highest BCUT2D eigenvalue weighted by atomic mass is 19.1. The molecule has 1 aromatic rings. The average Bonchev–Trinajstić information content (AvgIpc) is 2.18. The maximum atomic E-state index is 12.7. The van der Waals surface area contributed by atoms with Crippen LogP contribution in [-0.4, -0.2) is 11.7 Å². The summed E-state index contributed by atoms with van der Waals surface area (Å²) in [4.78, 5) is 4.22. The standard InChI is InChI=1S/C12H18FN/c1-9(2)10-5-6-14-11(7-10)12(3,4)8-13/h5-7,9H,8H2,1-4H3. The highest BCUT2D eigenvalue weighted by Crippen LogP contribution is 2.24. The predicted molar refractivity (Wildman–Crippen MR) is 57.3 cm³/mol. The van der Waals surface area contributed by atoms with Gasteiger partial charge >= 0.3 is 0 Å². The molecule has 0 aromatic carbocycles. The third-order valence-corrected chi connectivity index (χ3v) is 2.48. The molecule has 0 fully saturated rings. The first-order valence-corrected chi connectivity index (χ1v) is 5.00. The molecule has 1 aromatic heterocycles. The monoisotopic (exact) mass is 195 g/mol. The minimum absolute atomic E-state index is 0.373. The molecule has 0 saturated carbocycles. The van der Waals surface area contributed by atoms with E-state index in [0.717, 1.165) is 5.69 Å². The van der Waals surface area contributed by atoms with E-state index in [9.17, 15) is 4.39 Å². The van der Waals surface area contributed by atoms with Crippen molar-refractivity contribution in [3.05, 3.63) is 29.6 Å². The molecule has 0 N–H and O–H groups in total. The Bertz CT molecular complexity index is 305. The van der Waals surface area contributed by atoms with Gasteiger partial charge in [-0.25, -0.2) is 0 Å². The number of nitrogens with zero attached hydrogens (tertiary/aromatic N) is 1. The van der Waals surface area contributed by atoms with E-state index in [0.29, 0.717) is 5.92 Å². The first-order chi connectivity index (χ1) is 6.47. The average molecular weight is 195 g/mol. The van der Waals surface area contributed by atoms with Crippen LogP contribution in [-0.2, 0) is 5.41 Å². The Morgan fingerprint density at radius 2 is 2.07 bits per heavy atom. The smallest absolute Gasteiger partial charge is 0.100 e. The van der Waals surface area contributed by atoms with E-state index in [2.05, 4.69) is 18.8 Å². The molecule has 0 atom stereocenters. The van der Waals surface area contributed by atoms with Crippen LogP contribution in [0.5, 0.6) is 0 Å². The summed E-state index contributed by atoms with van der Waals surface area (Å²) in [6.07, 6.45) is 1.77. The van der Waals surface area contributed by atoms with E-state index in [1.54, 1.807) is 6.20 Å². The Morgan fingerprint density at radius 3 is 2.57 bits per heavy atom. The van der Waals surface area contributed by atoms with Crippen LogP contribution in [0.1, 0.15) is 44.9 Å². The topological polar surface area (TPSA) is 12.9 Å². The number of hydrogen-bond acceptors (Lipinski definition) is 1. The summed E-state index contributed by atoms with van der Waals surface area (Å²) >= 11 is 0. The van der Waals surface area contributed by atoms with Gasteiger partial charge in [0.1, 0.15) is 6.67 Å². The van der Waals surface area contributed by atoms with Crippen LogP contribution < -0.4 is 0 Å². The van der Waals surface area contributed by atoms with Crippen molar-refractivity contribution in [2.75, 3.05) is 6.67 Å². The zero-order valence-electron chi connectivity index (χ0n) is 9.34. The largest absolute Gasteiger partial charge is 0.261 e. The van der Waals surface area contributed by atoms with E-state index in [-0.39, 0.29) is 6.67 Å². The normalized spacial score (nSPS) is 12.1. The molecule has 1 rings (SSSR count). The highest BCUT2D eigenvalue weighted by Gasteiger charge is 2.22. The fraction of sp³-hybridized carbons (Fsp3) is 0.583. The molecule has 0 radical (unpaired) electrons. The Kier molecular flexibility index (Phi) is 3.25. The fourth-order valence-corrected chi connectivity index (χ4v) is 1.24. The molecule has 14 heavy (non-hydrogen) atoms. The Morgan fingerprint density at radius 1 is 1.43 bits per heavy atom. The zero-order valence-corrected chi connectivity index (χ0v) is 9.34. The van der Waals surface area contributed by atoms with Gasteiger partial charge in [-0.1, -0.05) is 27.7 Å². The number of aromatic nitrogens is 1. The van der Waals surface area contributed by atoms with Crippen molar-refractivity contribution in [1.82, 2.24) is 4.98 Å². The lowest BCUT2D eigenvalue weighted by Crippen LogP contribution is -2.21. The highest BCUT2D eigenvalue weighted by molar-refractivity contribution is 5.24. The predicted octanol–water partition coefficient (Wildman–Crippen LogP) is 3.45. The van der Waals surface area contributed by atoms with Crippen LogP contribution in [0, 0.1) is 0 Å². The van der Waals surface area contributed by atoms with Crippen molar-refractivity contribution < 1.29 is 4.39 Å². The number of rotatable bonds is 3. The van der Waals surface area contributed by atoms with Crippen LogP contribution in [0.4, 0.5) is 4.39 Å². The molecule has 1 nitrogen and oxygen atoms in total. The molecule has 0 aliphatic carbocycles. The number of hydrogen-bond donors (Lipinski definition) is 0. The van der Waals surface area contributed by atoms with Crippen molar-refractivity contribution in [3.63, 3.8) is 0 Å². The molecule has 0 amide bonds. The van der Waals surface area contributed by atoms with E-state index in [1.165, 1.54) is 5.56 Å². The molecular formula is C12H18FN. The van der Waals surface area contributed by atoms with Crippen LogP contribution in [0.3, 0.4) is 0 Å². The van der Waals surface area contributed by atoms with E-state index < -0.39 is 5.41 Å². The molecule has 2 heteroatoms. The summed E-state index contributed by atoms with van der Waals surface area (Å²) in [6, 6.07) is 3.99. The number of pyridine rings is 1.